The van der Waals surface area contributed by atoms with Gasteiger partial charge in [0.25, 0.3) is 0 Å². The largest absolute Gasteiger partial charge is 0.352 e. The van der Waals surface area contributed by atoms with Crippen LogP contribution in [0.2, 0.25) is 0 Å². The minimum atomic E-state index is -3.77. The van der Waals surface area contributed by atoms with Crippen molar-refractivity contribution < 1.29 is 21.6 Å². The number of carbonyl (C=O) groups excluding carboxylic acids is 1. The third kappa shape index (κ3) is 5.52. The van der Waals surface area contributed by atoms with E-state index in [0.717, 1.165) is 36.4 Å². The van der Waals surface area contributed by atoms with Crippen LogP contribution >= 0.6 is 0 Å². The van der Waals surface area contributed by atoms with Gasteiger partial charge in [0, 0.05) is 20.1 Å². The monoisotopic (exact) mass is 416 g/mol. The van der Waals surface area contributed by atoms with Gasteiger partial charge in [-0.25, -0.2) is 21.1 Å². The number of sulfonamides is 1. The van der Waals surface area contributed by atoms with Crippen LogP contribution in [0, 0.1) is 0 Å². The molecule has 152 valence electrons. The number of sulfone groups is 1. The topological polar surface area (TPSA) is 101 Å². The van der Waals surface area contributed by atoms with Crippen LogP contribution in [0.25, 0.3) is 0 Å². The van der Waals surface area contributed by atoms with Crippen molar-refractivity contribution in [3.8, 4) is 0 Å². The standard InChI is InChI=1S/C18H28N2O5S2/c1-14(18(21)19-16-9-5-4-6-10-16)26(22,23)13-15-8-7-11-17(12-15)27(24,25)20(2)3/h7-8,11-12,14,16H,4-6,9-10,13H2,1-3H3,(H,19,21)/t14-/m0/s1. The van der Waals surface area contributed by atoms with E-state index in [2.05, 4.69) is 5.32 Å². The average Bonchev–Trinajstić information content (AvgIpc) is 2.61. The van der Waals surface area contributed by atoms with E-state index in [1.54, 1.807) is 6.07 Å². The van der Waals surface area contributed by atoms with Gasteiger partial charge in [-0.15, -0.1) is 0 Å². The van der Waals surface area contributed by atoms with Crippen LogP contribution in [0.1, 0.15) is 44.6 Å². The molecule has 1 aliphatic rings. The highest BCUT2D eigenvalue weighted by molar-refractivity contribution is 7.92. The number of hydrogen-bond acceptors (Lipinski definition) is 5. The van der Waals surface area contributed by atoms with Crippen LogP contribution in [0.15, 0.2) is 29.2 Å². The smallest absolute Gasteiger partial charge is 0.242 e. The van der Waals surface area contributed by atoms with E-state index >= 15 is 0 Å². The van der Waals surface area contributed by atoms with Gasteiger partial charge in [-0.05, 0) is 37.5 Å². The lowest BCUT2D eigenvalue weighted by Gasteiger charge is -2.24. The summed E-state index contributed by atoms with van der Waals surface area (Å²) in [5.41, 5.74) is 0.343. The predicted molar refractivity (Wildman–Crippen MR) is 104 cm³/mol. The Morgan fingerprint density at radius 2 is 1.78 bits per heavy atom. The first-order valence-corrected chi connectivity index (χ1v) is 12.2. The Hall–Kier alpha value is -1.45. The van der Waals surface area contributed by atoms with E-state index in [0.29, 0.717) is 5.56 Å². The molecule has 0 heterocycles. The summed E-state index contributed by atoms with van der Waals surface area (Å²) in [7, 11) is -4.59. The molecular weight excluding hydrogens is 388 g/mol. The maximum Gasteiger partial charge on any atom is 0.242 e. The van der Waals surface area contributed by atoms with Crippen molar-refractivity contribution in [1.82, 2.24) is 9.62 Å². The maximum absolute atomic E-state index is 12.7. The molecule has 0 aliphatic heterocycles. The van der Waals surface area contributed by atoms with E-state index in [4.69, 9.17) is 0 Å². The first kappa shape index (κ1) is 21.8. The SMILES string of the molecule is C[C@@H](C(=O)NC1CCCCC1)S(=O)(=O)Cc1cccc(S(=O)(=O)N(C)C)c1. The quantitative estimate of drug-likeness (QED) is 0.729. The summed E-state index contributed by atoms with van der Waals surface area (Å²) in [6.45, 7) is 1.38. The minimum Gasteiger partial charge on any atom is -0.352 e. The van der Waals surface area contributed by atoms with Crippen molar-refractivity contribution in [2.75, 3.05) is 14.1 Å². The second kappa shape index (κ2) is 8.70. The van der Waals surface area contributed by atoms with Crippen molar-refractivity contribution >= 4 is 25.8 Å². The lowest BCUT2D eigenvalue weighted by atomic mass is 9.95. The molecule has 1 aromatic rings. The lowest BCUT2D eigenvalue weighted by molar-refractivity contribution is -0.121. The molecule has 0 bridgehead atoms. The molecule has 1 N–H and O–H groups in total. The molecule has 2 rings (SSSR count). The van der Waals surface area contributed by atoms with Crippen molar-refractivity contribution in [1.29, 1.82) is 0 Å². The molecule has 1 atom stereocenters. The predicted octanol–water partition coefficient (Wildman–Crippen LogP) is 1.69. The number of amides is 1. The molecule has 0 spiro atoms. The van der Waals surface area contributed by atoms with Crippen LogP contribution in [0.3, 0.4) is 0 Å². The summed E-state index contributed by atoms with van der Waals surface area (Å²) in [5.74, 6) is -0.873. The second-order valence-electron chi connectivity index (χ2n) is 7.23. The Labute approximate surface area is 162 Å². The van der Waals surface area contributed by atoms with Crippen molar-refractivity contribution in [3.05, 3.63) is 29.8 Å². The average molecular weight is 417 g/mol. The van der Waals surface area contributed by atoms with Crippen molar-refractivity contribution in [2.45, 2.75) is 61.0 Å². The molecular formula is C18H28N2O5S2. The highest BCUT2D eigenvalue weighted by atomic mass is 32.2. The maximum atomic E-state index is 12.7. The van der Waals surface area contributed by atoms with Gasteiger partial charge in [0.15, 0.2) is 9.84 Å². The Balaban J connectivity index is 2.12. The normalized spacial score (nSPS) is 17.6. The fourth-order valence-corrected chi connectivity index (χ4v) is 5.35. The van der Waals surface area contributed by atoms with Gasteiger partial charge in [0.1, 0.15) is 5.25 Å². The summed E-state index contributed by atoms with van der Waals surface area (Å²) in [6.07, 6.45) is 4.98. The van der Waals surface area contributed by atoms with Crippen LogP contribution in [-0.4, -0.2) is 52.4 Å². The second-order valence-corrected chi connectivity index (χ2v) is 11.7. The molecule has 1 amide bonds. The van der Waals surface area contributed by atoms with E-state index in [9.17, 15) is 21.6 Å². The molecule has 7 nitrogen and oxygen atoms in total. The van der Waals surface area contributed by atoms with Crippen LogP contribution in [0.4, 0.5) is 0 Å². The molecule has 1 saturated carbocycles. The first-order chi connectivity index (χ1) is 12.5. The van der Waals surface area contributed by atoms with E-state index in [-0.39, 0.29) is 16.7 Å². The minimum absolute atomic E-state index is 0.0273. The van der Waals surface area contributed by atoms with Gasteiger partial charge in [0.2, 0.25) is 15.9 Å². The van der Waals surface area contributed by atoms with Gasteiger partial charge in [0.05, 0.1) is 10.6 Å². The molecule has 0 saturated heterocycles. The summed E-state index contributed by atoms with van der Waals surface area (Å²) in [4.78, 5) is 12.4. The highest BCUT2D eigenvalue weighted by Crippen LogP contribution is 2.20. The zero-order valence-corrected chi connectivity index (χ0v) is 17.6. The zero-order chi connectivity index (χ0) is 20.2. The Morgan fingerprint density at radius 3 is 2.37 bits per heavy atom. The fraction of sp³-hybridized carbons (Fsp3) is 0.611. The molecule has 1 fully saturated rings. The Morgan fingerprint density at radius 1 is 1.15 bits per heavy atom. The van der Waals surface area contributed by atoms with Gasteiger partial charge in [-0.2, -0.15) is 0 Å². The number of hydrogen-bond donors (Lipinski definition) is 1. The van der Waals surface area contributed by atoms with Gasteiger partial charge in [-0.3, -0.25) is 4.79 Å². The van der Waals surface area contributed by atoms with Crippen molar-refractivity contribution in [3.63, 3.8) is 0 Å². The van der Waals surface area contributed by atoms with E-state index in [1.165, 1.54) is 39.2 Å². The number of nitrogens with one attached hydrogen (secondary N) is 1. The number of carbonyl (C=O) groups is 1. The zero-order valence-electron chi connectivity index (χ0n) is 16.0. The number of nitrogens with zero attached hydrogens (tertiary/aromatic N) is 1. The molecule has 0 aromatic heterocycles. The van der Waals surface area contributed by atoms with Gasteiger partial charge in [-0.1, -0.05) is 31.4 Å². The summed E-state index contributed by atoms with van der Waals surface area (Å²) in [5, 5.41) is 1.65. The lowest BCUT2D eigenvalue weighted by Crippen LogP contribution is -2.44. The number of benzene rings is 1. The molecule has 0 unspecified atom stereocenters. The molecule has 1 aliphatic carbocycles. The van der Waals surface area contributed by atoms with Crippen molar-refractivity contribution in [2.24, 2.45) is 0 Å². The fourth-order valence-electron chi connectivity index (χ4n) is 3.09. The first-order valence-electron chi connectivity index (χ1n) is 9.07. The summed E-state index contributed by atoms with van der Waals surface area (Å²) < 4.78 is 50.8. The Bertz CT molecular complexity index is 873. The van der Waals surface area contributed by atoms with Gasteiger partial charge >= 0.3 is 0 Å². The van der Waals surface area contributed by atoms with E-state index < -0.39 is 31.0 Å². The molecule has 1 aromatic carbocycles. The van der Waals surface area contributed by atoms with Crippen LogP contribution in [0.5, 0.6) is 0 Å². The summed E-state index contributed by atoms with van der Waals surface area (Å²) in [6, 6.07) is 5.87. The molecule has 9 heteroatoms. The third-order valence-electron chi connectivity index (χ3n) is 4.90. The molecule has 27 heavy (non-hydrogen) atoms. The highest BCUT2D eigenvalue weighted by Gasteiger charge is 2.30. The van der Waals surface area contributed by atoms with Gasteiger partial charge < -0.3 is 5.32 Å². The van der Waals surface area contributed by atoms with E-state index in [1.807, 2.05) is 0 Å². The molecule has 0 radical (unpaired) electrons. The Kier molecular flexibility index (Phi) is 7.04. The van der Waals surface area contributed by atoms with Crippen LogP contribution in [-0.2, 0) is 30.4 Å². The van der Waals surface area contributed by atoms with Crippen LogP contribution < -0.4 is 5.32 Å². The number of rotatable bonds is 7. The third-order valence-corrected chi connectivity index (χ3v) is 8.74. The summed E-state index contributed by atoms with van der Waals surface area (Å²) >= 11 is 0.